The van der Waals surface area contributed by atoms with Crippen LogP contribution in [0.5, 0.6) is 0 Å². The molecule has 0 aliphatic heterocycles. The van der Waals surface area contributed by atoms with E-state index in [9.17, 15) is 27.9 Å². The highest BCUT2D eigenvalue weighted by Gasteiger charge is 2.61. The molecule has 0 spiro atoms. The average Bonchev–Trinajstić information content (AvgIpc) is 2.37. The summed E-state index contributed by atoms with van der Waals surface area (Å²) in [6, 6.07) is 5.67. The summed E-state index contributed by atoms with van der Waals surface area (Å²) in [5.74, 6) is -3.14. The van der Waals surface area contributed by atoms with E-state index in [1.807, 2.05) is 0 Å². The molecule has 0 radical (unpaired) electrons. The number of anilines is 1. The number of esters is 1. The zero-order valence-electron chi connectivity index (χ0n) is 11.4. The van der Waals surface area contributed by atoms with Crippen molar-refractivity contribution in [3.05, 3.63) is 29.3 Å². The van der Waals surface area contributed by atoms with Gasteiger partial charge in [0.2, 0.25) is 5.91 Å². The Bertz CT molecular complexity index is 564. The molecule has 1 aromatic carbocycles. The van der Waals surface area contributed by atoms with Gasteiger partial charge in [-0.1, -0.05) is 17.7 Å². The highest BCUT2D eigenvalue weighted by molar-refractivity contribution is 6.30. The van der Waals surface area contributed by atoms with Gasteiger partial charge in [-0.3, -0.25) is 4.79 Å². The zero-order valence-corrected chi connectivity index (χ0v) is 12.2. The van der Waals surface area contributed by atoms with E-state index in [0.29, 0.717) is 0 Å². The fraction of sp³-hybridized carbons (Fsp3) is 0.385. The maximum absolute atomic E-state index is 12.9. The number of carbonyl (C=O) groups excluding carboxylic acids is 2. The van der Waals surface area contributed by atoms with E-state index in [1.54, 1.807) is 0 Å². The molecule has 0 heterocycles. The average molecular weight is 340 g/mol. The van der Waals surface area contributed by atoms with Crippen molar-refractivity contribution in [3.63, 3.8) is 0 Å². The van der Waals surface area contributed by atoms with Gasteiger partial charge in [0.15, 0.2) is 0 Å². The first-order valence-electron chi connectivity index (χ1n) is 6.12. The molecular weight excluding hydrogens is 327 g/mol. The Kier molecular flexibility index (Phi) is 5.78. The van der Waals surface area contributed by atoms with Crippen molar-refractivity contribution in [3.8, 4) is 0 Å². The summed E-state index contributed by atoms with van der Waals surface area (Å²) in [7, 11) is 0. The van der Waals surface area contributed by atoms with Crippen LogP contribution in [-0.4, -0.2) is 35.4 Å². The number of hydrogen-bond donors (Lipinski definition) is 2. The van der Waals surface area contributed by atoms with Crippen molar-refractivity contribution in [2.24, 2.45) is 0 Å². The summed E-state index contributed by atoms with van der Waals surface area (Å²) in [5, 5.41) is 11.9. The first-order valence-corrected chi connectivity index (χ1v) is 6.49. The minimum atomic E-state index is -5.36. The fourth-order valence-corrected chi connectivity index (χ4v) is 1.73. The van der Waals surface area contributed by atoms with Crippen LogP contribution in [-0.2, 0) is 14.3 Å². The maximum atomic E-state index is 12.9. The Labute approximate surface area is 129 Å². The predicted octanol–water partition coefficient (Wildman–Crippen LogP) is 2.53. The summed E-state index contributed by atoms with van der Waals surface area (Å²) < 4.78 is 42.9. The highest BCUT2D eigenvalue weighted by Crippen LogP contribution is 2.34. The number of rotatable bonds is 5. The Morgan fingerprint density at radius 2 is 2.00 bits per heavy atom. The van der Waals surface area contributed by atoms with Crippen molar-refractivity contribution in [2.75, 3.05) is 11.9 Å². The zero-order chi connectivity index (χ0) is 17.0. The monoisotopic (exact) mass is 339 g/mol. The Hall–Kier alpha value is -1.80. The van der Waals surface area contributed by atoms with Crippen molar-refractivity contribution in [1.29, 1.82) is 0 Å². The molecule has 1 amide bonds. The van der Waals surface area contributed by atoms with Gasteiger partial charge in [0.05, 0.1) is 13.0 Å². The van der Waals surface area contributed by atoms with Crippen molar-refractivity contribution in [1.82, 2.24) is 0 Å². The Balaban J connectivity index is 2.90. The van der Waals surface area contributed by atoms with Gasteiger partial charge in [0.25, 0.3) is 5.60 Å². The van der Waals surface area contributed by atoms with Gasteiger partial charge in [0.1, 0.15) is 0 Å². The van der Waals surface area contributed by atoms with Crippen molar-refractivity contribution in [2.45, 2.75) is 25.1 Å². The lowest BCUT2D eigenvalue weighted by atomic mass is 9.98. The second-order valence-corrected chi connectivity index (χ2v) is 4.75. The molecule has 9 heteroatoms. The van der Waals surface area contributed by atoms with Gasteiger partial charge >= 0.3 is 12.1 Å². The van der Waals surface area contributed by atoms with Gasteiger partial charge in [-0.2, -0.15) is 13.2 Å². The first kappa shape index (κ1) is 18.2. The molecule has 0 saturated heterocycles. The molecular formula is C13H13ClF3NO4. The number of halogens is 4. The smallest absolute Gasteiger partial charge is 0.428 e. The van der Waals surface area contributed by atoms with E-state index in [4.69, 9.17) is 11.6 Å². The number of amides is 1. The van der Waals surface area contributed by atoms with E-state index < -0.39 is 30.1 Å². The predicted molar refractivity (Wildman–Crippen MR) is 72.3 cm³/mol. The Morgan fingerprint density at radius 1 is 1.36 bits per heavy atom. The number of aliphatic hydroxyl groups is 1. The molecule has 22 heavy (non-hydrogen) atoms. The molecule has 1 rings (SSSR count). The molecule has 0 aromatic heterocycles. The van der Waals surface area contributed by atoms with Crippen LogP contribution in [0.3, 0.4) is 0 Å². The van der Waals surface area contributed by atoms with Crippen molar-refractivity contribution >= 4 is 29.2 Å². The minimum absolute atomic E-state index is 0.130. The normalized spacial score (nSPS) is 14.1. The number of nitrogens with one attached hydrogen (secondary N) is 1. The van der Waals surface area contributed by atoms with Crippen LogP contribution in [0.1, 0.15) is 13.3 Å². The lowest BCUT2D eigenvalue weighted by Gasteiger charge is -2.27. The van der Waals surface area contributed by atoms with E-state index in [2.05, 4.69) is 10.1 Å². The molecule has 0 fully saturated rings. The Morgan fingerprint density at radius 3 is 2.50 bits per heavy atom. The lowest BCUT2D eigenvalue weighted by molar-refractivity contribution is -0.262. The third-order valence-corrected chi connectivity index (χ3v) is 2.84. The molecule has 2 N–H and O–H groups in total. The van der Waals surface area contributed by atoms with Gasteiger partial charge in [0, 0.05) is 10.7 Å². The molecule has 1 atom stereocenters. The maximum Gasteiger partial charge on any atom is 0.428 e. The summed E-state index contributed by atoms with van der Waals surface area (Å²) in [6.45, 7) is 0.911. The number of benzene rings is 1. The molecule has 0 aliphatic rings. The SMILES string of the molecule is CCOC(=O)[C@@](O)(CC(=O)Nc1cccc(Cl)c1)C(F)(F)F. The first-order chi connectivity index (χ1) is 10.1. The topological polar surface area (TPSA) is 75.6 Å². The van der Waals surface area contributed by atoms with Crippen molar-refractivity contribution < 1.29 is 32.6 Å². The summed E-state index contributed by atoms with van der Waals surface area (Å²) >= 11 is 5.67. The number of hydrogen-bond acceptors (Lipinski definition) is 4. The molecule has 0 bridgehead atoms. The van der Waals surface area contributed by atoms with Crippen LogP contribution >= 0.6 is 11.6 Å². The van der Waals surface area contributed by atoms with Gasteiger partial charge < -0.3 is 15.2 Å². The quantitative estimate of drug-likeness (QED) is 0.808. The molecule has 0 unspecified atom stereocenters. The van der Waals surface area contributed by atoms with Crippen LogP contribution in [0.4, 0.5) is 18.9 Å². The van der Waals surface area contributed by atoms with Crippen LogP contribution in [0.2, 0.25) is 5.02 Å². The second-order valence-electron chi connectivity index (χ2n) is 4.31. The molecule has 1 aromatic rings. The van der Waals surface area contributed by atoms with E-state index >= 15 is 0 Å². The molecule has 0 aliphatic carbocycles. The number of carbonyl (C=O) groups is 2. The summed E-state index contributed by atoms with van der Waals surface area (Å²) in [6.07, 6.45) is -6.88. The van der Waals surface area contributed by atoms with E-state index in [-0.39, 0.29) is 17.3 Å². The standard InChI is InChI=1S/C13H13ClF3NO4/c1-2-22-11(20)12(21,13(15,16)17)7-10(19)18-9-5-3-4-8(14)6-9/h3-6,21H,2,7H2,1H3,(H,18,19)/t12-/m0/s1. The van der Waals surface area contributed by atoms with Crippen LogP contribution in [0.25, 0.3) is 0 Å². The molecule has 122 valence electrons. The third-order valence-electron chi connectivity index (χ3n) is 2.61. The van der Waals surface area contributed by atoms with Gasteiger partial charge in [-0.25, -0.2) is 4.79 Å². The van der Waals surface area contributed by atoms with Crippen LogP contribution in [0.15, 0.2) is 24.3 Å². The minimum Gasteiger partial charge on any atom is -0.464 e. The van der Waals surface area contributed by atoms with E-state index in [0.717, 1.165) is 0 Å². The number of ether oxygens (including phenoxy) is 1. The largest absolute Gasteiger partial charge is 0.464 e. The van der Waals surface area contributed by atoms with Gasteiger partial charge in [-0.05, 0) is 25.1 Å². The summed E-state index contributed by atoms with van der Waals surface area (Å²) in [5.41, 5.74) is -3.78. The molecule has 0 saturated carbocycles. The summed E-state index contributed by atoms with van der Waals surface area (Å²) in [4.78, 5) is 23.0. The number of alkyl halides is 3. The third kappa shape index (κ3) is 4.35. The van der Waals surface area contributed by atoms with Crippen LogP contribution in [0, 0.1) is 0 Å². The second kappa shape index (κ2) is 6.97. The fourth-order valence-electron chi connectivity index (χ4n) is 1.54. The lowest BCUT2D eigenvalue weighted by Crippen LogP contribution is -2.54. The van der Waals surface area contributed by atoms with Gasteiger partial charge in [-0.15, -0.1) is 0 Å². The van der Waals surface area contributed by atoms with E-state index in [1.165, 1.54) is 31.2 Å². The van der Waals surface area contributed by atoms with Crippen LogP contribution < -0.4 is 5.32 Å². The highest BCUT2D eigenvalue weighted by atomic mass is 35.5. The molecule has 5 nitrogen and oxygen atoms in total.